The first-order chi connectivity index (χ1) is 30.8. The highest BCUT2D eigenvalue weighted by Gasteiger charge is 2.61. The second-order valence-corrected chi connectivity index (χ2v) is 21.2. The van der Waals surface area contributed by atoms with Gasteiger partial charge in [0.1, 0.15) is 46.2 Å². The Balaban J connectivity index is 1.03. The van der Waals surface area contributed by atoms with E-state index in [1.807, 2.05) is 18.2 Å². The minimum atomic E-state index is -4.41. The van der Waals surface area contributed by atoms with Crippen LogP contribution in [0.25, 0.3) is 0 Å². The average molecular weight is 922 g/mol. The smallest absolute Gasteiger partial charge is 0.410 e. The van der Waals surface area contributed by atoms with Crippen LogP contribution in [0.2, 0.25) is 0 Å². The standard InChI is InChI=1S/C45H59N7O10S2/c1-2-32-26-45(32)42(55)49-64(59,60)39-16-10-9-14-36(39)46-19-11-5-3-4-6-15-37(47-43(56)61-34-12-7-8-13-34)41(54)52-29-35(25-38(52)40(53)48-45)62-44(57)51-27-30-17-18-33(24-31(30)28-51)50-20-22-63(58)23-21-50/h2,9-10,14,16-18,24,32,34-35,37-38,46H,1,3-8,11-13,15,19-23,25-29H2,(H,47,56)(H,48,53)(H,49,55)/t32-,35-,37+,38+,45-/m1/s1. The SMILES string of the molecule is C=C[C@@H]1C[C@@]12NC(=O)[C@@H]1C[C@@H](OC(=O)N3Cc4ccc(N5CC[S+]([O-])CC5)cc4C3)CN1C(=O)[C@@H](NC(=O)OC1CCCC1)CCCCCCCNc1ccccc1S(=O)(=O)NC2=O. The average Bonchev–Trinajstić information content (AvgIpc) is 3.66. The summed E-state index contributed by atoms with van der Waals surface area (Å²) in [6.07, 6.45) is 6.21. The van der Waals surface area contributed by atoms with Crippen LogP contribution in [0.3, 0.4) is 0 Å². The van der Waals surface area contributed by atoms with Gasteiger partial charge in [0, 0.05) is 37.7 Å². The molecule has 4 aliphatic heterocycles. The van der Waals surface area contributed by atoms with Gasteiger partial charge in [0.2, 0.25) is 11.8 Å². The first-order valence-corrected chi connectivity index (χ1v) is 25.6. The van der Waals surface area contributed by atoms with E-state index in [1.54, 1.807) is 23.1 Å². The third kappa shape index (κ3) is 10.3. The van der Waals surface area contributed by atoms with Crippen molar-refractivity contribution in [1.29, 1.82) is 0 Å². The number of para-hydroxylation sites is 1. The van der Waals surface area contributed by atoms with E-state index in [1.165, 1.54) is 17.0 Å². The van der Waals surface area contributed by atoms with Crippen molar-refractivity contribution in [1.82, 2.24) is 25.2 Å². The van der Waals surface area contributed by atoms with Gasteiger partial charge in [-0.2, -0.15) is 0 Å². The Bertz CT molecular complexity index is 2220. The van der Waals surface area contributed by atoms with E-state index in [9.17, 15) is 36.9 Å². The van der Waals surface area contributed by atoms with Gasteiger partial charge in [-0.05, 0) is 80.3 Å². The van der Waals surface area contributed by atoms with Gasteiger partial charge in [-0.25, -0.2) is 22.7 Å². The molecular formula is C45H59N7O10S2. The van der Waals surface area contributed by atoms with Crippen LogP contribution in [0.15, 0.2) is 60.0 Å². The predicted molar refractivity (Wildman–Crippen MR) is 239 cm³/mol. The fraction of sp³-hybridized carbons (Fsp3) is 0.578. The molecule has 4 N–H and O–H groups in total. The first kappa shape index (κ1) is 45.6. The molecule has 64 heavy (non-hydrogen) atoms. The van der Waals surface area contributed by atoms with Crippen LogP contribution >= 0.6 is 0 Å². The number of fused-ring (bicyclic) bond motifs is 3. The third-order valence-corrected chi connectivity index (χ3v) is 16.1. The van der Waals surface area contributed by atoms with Crippen molar-refractivity contribution in [2.24, 2.45) is 5.92 Å². The number of alkyl carbamates (subject to hydrolysis) is 1. The molecule has 5 atom stereocenters. The summed E-state index contributed by atoms with van der Waals surface area (Å²) in [5, 5.41) is 8.78. The Hall–Kier alpha value is -5.01. The van der Waals surface area contributed by atoms with E-state index >= 15 is 0 Å². The number of nitrogens with one attached hydrogen (secondary N) is 4. The van der Waals surface area contributed by atoms with E-state index in [0.29, 0.717) is 56.3 Å². The Morgan fingerprint density at radius 3 is 2.39 bits per heavy atom. The van der Waals surface area contributed by atoms with Gasteiger partial charge in [0.05, 0.1) is 25.3 Å². The summed E-state index contributed by atoms with van der Waals surface area (Å²) in [4.78, 5) is 75.4. The molecule has 2 aromatic rings. The van der Waals surface area contributed by atoms with Crippen LogP contribution in [-0.2, 0) is 58.1 Å². The van der Waals surface area contributed by atoms with Crippen LogP contribution in [0, 0.1) is 5.92 Å². The second kappa shape index (κ2) is 19.6. The number of sulfonamides is 1. The zero-order valence-electron chi connectivity index (χ0n) is 36.1. The number of carbonyl (C=O) groups is 5. The zero-order valence-corrected chi connectivity index (χ0v) is 37.7. The van der Waals surface area contributed by atoms with Crippen molar-refractivity contribution >= 4 is 62.5 Å². The van der Waals surface area contributed by atoms with Crippen molar-refractivity contribution < 1.29 is 46.4 Å². The molecule has 0 radical (unpaired) electrons. The minimum absolute atomic E-state index is 0.0637. The maximum atomic E-state index is 14.7. The molecule has 2 aliphatic carbocycles. The number of benzene rings is 2. The molecule has 4 fully saturated rings. The van der Waals surface area contributed by atoms with Crippen molar-refractivity contribution in [2.75, 3.05) is 47.9 Å². The van der Waals surface area contributed by atoms with E-state index in [4.69, 9.17) is 9.47 Å². The minimum Gasteiger partial charge on any atom is -0.616 e. The largest absolute Gasteiger partial charge is 0.616 e. The van der Waals surface area contributed by atoms with Gasteiger partial charge >= 0.3 is 12.2 Å². The first-order valence-electron chi connectivity index (χ1n) is 22.6. The lowest BCUT2D eigenvalue weighted by Gasteiger charge is -2.30. The van der Waals surface area contributed by atoms with Crippen LogP contribution in [-0.4, -0.2) is 120 Å². The Labute approximate surface area is 377 Å². The molecule has 6 aliphatic rings. The summed E-state index contributed by atoms with van der Waals surface area (Å²) in [6, 6.07) is 10.0. The lowest BCUT2D eigenvalue weighted by molar-refractivity contribution is -0.141. The van der Waals surface area contributed by atoms with E-state index in [-0.39, 0.29) is 36.8 Å². The molecule has 0 aromatic heterocycles. The van der Waals surface area contributed by atoms with Gasteiger partial charge in [-0.3, -0.25) is 19.3 Å². The highest BCUT2D eigenvalue weighted by molar-refractivity contribution is 7.91. The van der Waals surface area contributed by atoms with Crippen molar-refractivity contribution in [3.63, 3.8) is 0 Å². The van der Waals surface area contributed by atoms with Crippen LogP contribution in [0.4, 0.5) is 21.0 Å². The molecule has 5 amide bonds. The number of hydrogen-bond acceptors (Lipinski definition) is 12. The lowest BCUT2D eigenvalue weighted by Crippen LogP contribution is -2.58. The van der Waals surface area contributed by atoms with Crippen LogP contribution in [0.1, 0.15) is 88.2 Å². The molecule has 4 heterocycles. The molecule has 19 heteroatoms. The summed E-state index contributed by atoms with van der Waals surface area (Å²) >= 11 is -0.816. The number of ether oxygens (including phenoxy) is 2. The summed E-state index contributed by atoms with van der Waals surface area (Å²) in [5.74, 6) is -1.65. The molecule has 1 spiro atoms. The van der Waals surface area contributed by atoms with Gasteiger partial charge in [-0.1, -0.05) is 61.1 Å². The number of nitrogens with zero attached hydrogens (tertiary/aromatic N) is 3. The molecule has 346 valence electrons. The van der Waals surface area contributed by atoms with Crippen molar-refractivity contribution in [3.05, 3.63) is 66.2 Å². The van der Waals surface area contributed by atoms with Crippen molar-refractivity contribution in [3.8, 4) is 0 Å². The van der Waals surface area contributed by atoms with Gasteiger partial charge < -0.3 is 39.8 Å². The summed E-state index contributed by atoms with van der Waals surface area (Å²) in [5.41, 5.74) is 1.58. The van der Waals surface area contributed by atoms with Gasteiger partial charge in [0.25, 0.3) is 15.9 Å². The third-order valence-electron chi connectivity index (χ3n) is 13.4. The Morgan fingerprint density at radius 1 is 0.906 bits per heavy atom. The fourth-order valence-corrected chi connectivity index (χ4v) is 11.9. The Morgan fingerprint density at radius 2 is 1.62 bits per heavy atom. The van der Waals surface area contributed by atoms with E-state index < -0.39 is 80.8 Å². The zero-order chi connectivity index (χ0) is 45.0. The Kier molecular flexibility index (Phi) is 14.0. The molecule has 8 rings (SSSR count). The monoisotopic (exact) mass is 921 g/mol. The molecule has 2 aromatic carbocycles. The maximum Gasteiger partial charge on any atom is 0.410 e. The number of carbonyl (C=O) groups excluding carboxylic acids is 5. The highest BCUT2D eigenvalue weighted by Crippen LogP contribution is 2.45. The van der Waals surface area contributed by atoms with Crippen LogP contribution < -0.4 is 25.6 Å². The topological polar surface area (TPSA) is 219 Å². The van der Waals surface area contributed by atoms with Gasteiger partial charge in [-0.15, -0.1) is 6.58 Å². The predicted octanol–water partition coefficient (Wildman–Crippen LogP) is 4.05. The molecule has 17 nitrogen and oxygen atoms in total. The second-order valence-electron chi connectivity index (χ2n) is 17.8. The highest BCUT2D eigenvalue weighted by atomic mass is 32.2. The lowest BCUT2D eigenvalue weighted by atomic mass is 10.0. The number of rotatable bonds is 5. The molecule has 0 bridgehead atoms. The maximum absolute atomic E-state index is 14.7. The normalized spacial score (nSPS) is 28.2. The molecular weight excluding hydrogens is 863 g/mol. The molecule has 2 saturated heterocycles. The number of anilines is 2. The van der Waals surface area contributed by atoms with Crippen LogP contribution in [0.5, 0.6) is 0 Å². The van der Waals surface area contributed by atoms with Crippen molar-refractivity contribution in [2.45, 2.75) is 125 Å². The summed E-state index contributed by atoms with van der Waals surface area (Å²) in [7, 11) is -4.41. The number of amides is 5. The summed E-state index contributed by atoms with van der Waals surface area (Å²) < 4.78 is 53.5. The van der Waals surface area contributed by atoms with E-state index in [0.717, 1.165) is 68.2 Å². The number of hydrogen-bond donors (Lipinski definition) is 4. The van der Waals surface area contributed by atoms with E-state index in [2.05, 4.69) is 32.2 Å². The van der Waals surface area contributed by atoms with Gasteiger partial charge in [0.15, 0.2) is 0 Å². The quantitative estimate of drug-likeness (QED) is 0.247. The molecule has 2 saturated carbocycles. The summed E-state index contributed by atoms with van der Waals surface area (Å²) in [6.45, 7) is 6.10. The molecule has 0 unspecified atom stereocenters. The fourth-order valence-electron chi connectivity index (χ4n) is 9.67.